The zero-order chi connectivity index (χ0) is 24.5. The average Bonchev–Trinajstić information content (AvgIpc) is 2.82. The first-order valence-corrected chi connectivity index (χ1v) is 11.5. The SMILES string of the molecule is CCOc1cc(C=NNC(=O)c2ccccc2)ccc1OCC(=O)Nc1cc(C)c(C)cc1Br. The lowest BCUT2D eigenvalue weighted by Crippen LogP contribution is -2.20. The predicted molar refractivity (Wildman–Crippen MR) is 137 cm³/mol. The van der Waals surface area contributed by atoms with Crippen molar-refractivity contribution in [3.05, 3.63) is 87.4 Å². The van der Waals surface area contributed by atoms with Crippen molar-refractivity contribution < 1.29 is 19.1 Å². The second-order valence-electron chi connectivity index (χ2n) is 7.46. The summed E-state index contributed by atoms with van der Waals surface area (Å²) in [6.07, 6.45) is 1.51. The maximum Gasteiger partial charge on any atom is 0.271 e. The molecule has 0 aromatic heterocycles. The van der Waals surface area contributed by atoms with Gasteiger partial charge in [0, 0.05) is 10.0 Å². The summed E-state index contributed by atoms with van der Waals surface area (Å²) in [5.74, 6) is 0.312. The number of carbonyl (C=O) groups is 2. The van der Waals surface area contributed by atoms with Crippen LogP contribution in [0, 0.1) is 13.8 Å². The van der Waals surface area contributed by atoms with Gasteiger partial charge in [0.2, 0.25) is 0 Å². The van der Waals surface area contributed by atoms with Gasteiger partial charge in [0.25, 0.3) is 11.8 Å². The lowest BCUT2D eigenvalue weighted by molar-refractivity contribution is -0.118. The van der Waals surface area contributed by atoms with Gasteiger partial charge in [-0.2, -0.15) is 5.10 Å². The van der Waals surface area contributed by atoms with Crippen LogP contribution in [0.5, 0.6) is 11.5 Å². The van der Waals surface area contributed by atoms with Gasteiger partial charge in [-0.3, -0.25) is 9.59 Å². The number of hydrogen-bond donors (Lipinski definition) is 2. The normalized spacial score (nSPS) is 10.7. The van der Waals surface area contributed by atoms with Gasteiger partial charge in [-0.15, -0.1) is 0 Å². The van der Waals surface area contributed by atoms with Crippen molar-refractivity contribution in [2.75, 3.05) is 18.5 Å². The van der Waals surface area contributed by atoms with Crippen LogP contribution >= 0.6 is 15.9 Å². The van der Waals surface area contributed by atoms with Crippen molar-refractivity contribution in [3.8, 4) is 11.5 Å². The van der Waals surface area contributed by atoms with E-state index >= 15 is 0 Å². The Labute approximate surface area is 207 Å². The number of nitrogens with one attached hydrogen (secondary N) is 2. The molecule has 0 saturated carbocycles. The lowest BCUT2D eigenvalue weighted by Gasteiger charge is -2.14. The molecule has 0 fully saturated rings. The van der Waals surface area contributed by atoms with Gasteiger partial charge in [0.15, 0.2) is 18.1 Å². The quantitative estimate of drug-likeness (QED) is 0.296. The number of anilines is 1. The third kappa shape index (κ3) is 6.92. The van der Waals surface area contributed by atoms with Crippen LogP contribution < -0.4 is 20.2 Å². The molecule has 3 rings (SSSR count). The highest BCUT2D eigenvalue weighted by Gasteiger charge is 2.11. The number of hydrazone groups is 1. The zero-order valence-corrected chi connectivity index (χ0v) is 20.8. The Kier molecular flexibility index (Phi) is 8.81. The monoisotopic (exact) mass is 523 g/mol. The number of carbonyl (C=O) groups excluding carboxylic acids is 2. The fraction of sp³-hybridized carbons (Fsp3) is 0.192. The number of hydrogen-bond acceptors (Lipinski definition) is 5. The van der Waals surface area contributed by atoms with Crippen molar-refractivity contribution >= 4 is 39.6 Å². The minimum atomic E-state index is -0.303. The molecule has 3 aromatic carbocycles. The maximum atomic E-state index is 12.4. The second kappa shape index (κ2) is 12.0. The average molecular weight is 524 g/mol. The van der Waals surface area contributed by atoms with Crippen LogP contribution in [0.1, 0.15) is 34.0 Å². The minimum Gasteiger partial charge on any atom is -0.490 e. The molecule has 0 heterocycles. The topological polar surface area (TPSA) is 89.0 Å². The van der Waals surface area contributed by atoms with Crippen molar-refractivity contribution in [1.29, 1.82) is 0 Å². The van der Waals surface area contributed by atoms with Gasteiger partial charge >= 0.3 is 0 Å². The van der Waals surface area contributed by atoms with Crippen molar-refractivity contribution in [2.45, 2.75) is 20.8 Å². The van der Waals surface area contributed by atoms with E-state index in [4.69, 9.17) is 9.47 Å². The predicted octanol–water partition coefficient (Wildman–Crippen LogP) is 5.25. The highest BCUT2D eigenvalue weighted by molar-refractivity contribution is 9.10. The highest BCUT2D eigenvalue weighted by atomic mass is 79.9. The van der Waals surface area contributed by atoms with E-state index in [-0.39, 0.29) is 18.4 Å². The first-order chi connectivity index (χ1) is 16.4. The van der Waals surface area contributed by atoms with E-state index in [1.54, 1.807) is 42.5 Å². The number of amides is 2. The molecule has 0 atom stereocenters. The Hall–Kier alpha value is -3.65. The number of nitrogens with zero attached hydrogens (tertiary/aromatic N) is 1. The van der Waals surface area contributed by atoms with Crippen molar-refractivity contribution in [3.63, 3.8) is 0 Å². The molecule has 0 saturated heterocycles. The molecule has 3 aromatic rings. The summed E-state index contributed by atoms with van der Waals surface area (Å²) in [4.78, 5) is 24.5. The van der Waals surface area contributed by atoms with E-state index in [1.165, 1.54) is 6.21 Å². The molecule has 8 heteroatoms. The molecule has 34 heavy (non-hydrogen) atoms. The minimum absolute atomic E-state index is 0.181. The molecule has 0 aliphatic heterocycles. The Bertz CT molecular complexity index is 1200. The van der Waals surface area contributed by atoms with E-state index in [2.05, 4.69) is 31.8 Å². The summed E-state index contributed by atoms with van der Waals surface area (Å²) in [5, 5.41) is 6.85. The van der Waals surface area contributed by atoms with Crippen LogP contribution in [0.25, 0.3) is 0 Å². The summed E-state index contributed by atoms with van der Waals surface area (Å²) < 4.78 is 12.2. The number of ether oxygens (including phenoxy) is 2. The van der Waals surface area contributed by atoms with Gasteiger partial charge in [-0.05, 0) is 95.9 Å². The molecule has 0 spiro atoms. The second-order valence-corrected chi connectivity index (χ2v) is 8.31. The Morgan fingerprint density at radius 3 is 2.44 bits per heavy atom. The molecule has 2 amide bonds. The van der Waals surface area contributed by atoms with Crippen LogP contribution in [-0.4, -0.2) is 31.2 Å². The molecule has 0 unspecified atom stereocenters. The molecule has 2 N–H and O–H groups in total. The van der Waals surface area contributed by atoms with E-state index in [0.717, 1.165) is 15.6 Å². The van der Waals surface area contributed by atoms with Crippen LogP contribution in [0.3, 0.4) is 0 Å². The van der Waals surface area contributed by atoms with Crippen molar-refractivity contribution in [2.24, 2.45) is 5.10 Å². The Morgan fingerprint density at radius 2 is 1.71 bits per heavy atom. The molecule has 7 nitrogen and oxygen atoms in total. The van der Waals surface area contributed by atoms with Gasteiger partial charge in [0.05, 0.1) is 18.5 Å². The van der Waals surface area contributed by atoms with Gasteiger partial charge in [-0.1, -0.05) is 18.2 Å². The molecular formula is C26H26BrN3O4. The van der Waals surface area contributed by atoms with Gasteiger partial charge in [-0.25, -0.2) is 5.43 Å². The molecule has 0 radical (unpaired) electrons. The summed E-state index contributed by atoms with van der Waals surface area (Å²) in [6, 6.07) is 17.9. The number of aryl methyl sites for hydroxylation is 2. The van der Waals surface area contributed by atoms with Crippen LogP contribution in [0.4, 0.5) is 5.69 Å². The smallest absolute Gasteiger partial charge is 0.271 e. The fourth-order valence-corrected chi connectivity index (χ4v) is 3.58. The molecule has 176 valence electrons. The number of rotatable bonds is 9. The van der Waals surface area contributed by atoms with E-state index in [9.17, 15) is 9.59 Å². The number of benzene rings is 3. The van der Waals surface area contributed by atoms with Gasteiger partial charge in [0.1, 0.15) is 0 Å². The van der Waals surface area contributed by atoms with E-state index < -0.39 is 0 Å². The molecule has 0 aliphatic rings. The third-order valence-electron chi connectivity index (χ3n) is 4.90. The lowest BCUT2D eigenvalue weighted by atomic mass is 10.1. The maximum absolute atomic E-state index is 12.4. The standard InChI is InChI=1S/C26H26BrN3O4/c1-4-33-24-14-19(15-28-30-26(32)20-8-6-5-7-9-20)10-11-23(24)34-16-25(31)29-22-13-18(3)17(2)12-21(22)27/h5-15H,4,16H2,1-3H3,(H,29,31)(H,30,32). The van der Waals surface area contributed by atoms with E-state index in [0.29, 0.717) is 34.9 Å². The fourth-order valence-electron chi connectivity index (χ4n) is 3.02. The largest absolute Gasteiger partial charge is 0.490 e. The van der Waals surface area contributed by atoms with Crippen LogP contribution in [-0.2, 0) is 4.79 Å². The first-order valence-electron chi connectivity index (χ1n) is 10.7. The van der Waals surface area contributed by atoms with E-state index in [1.807, 2.05) is 39.0 Å². The summed E-state index contributed by atoms with van der Waals surface area (Å²) >= 11 is 3.47. The van der Waals surface area contributed by atoms with Gasteiger partial charge < -0.3 is 14.8 Å². The first kappa shape index (κ1) is 25.0. The summed E-state index contributed by atoms with van der Waals surface area (Å²) in [6.45, 7) is 6.09. The zero-order valence-electron chi connectivity index (χ0n) is 19.2. The summed E-state index contributed by atoms with van der Waals surface area (Å²) in [7, 11) is 0. The van der Waals surface area contributed by atoms with Crippen LogP contribution in [0.15, 0.2) is 70.2 Å². The molecule has 0 bridgehead atoms. The van der Waals surface area contributed by atoms with Crippen molar-refractivity contribution in [1.82, 2.24) is 5.43 Å². The third-order valence-corrected chi connectivity index (χ3v) is 5.56. The summed E-state index contributed by atoms with van der Waals surface area (Å²) in [5.41, 5.74) is 6.61. The van der Waals surface area contributed by atoms with Crippen LogP contribution in [0.2, 0.25) is 0 Å². The highest BCUT2D eigenvalue weighted by Crippen LogP contribution is 2.29. The molecule has 0 aliphatic carbocycles. The Morgan fingerprint density at radius 1 is 0.971 bits per heavy atom. The molecular weight excluding hydrogens is 498 g/mol. The Balaban J connectivity index is 1.62. The number of halogens is 1.